The second-order valence-electron chi connectivity index (χ2n) is 7.88. The Morgan fingerprint density at radius 1 is 0.943 bits per heavy atom. The largest absolute Gasteiger partial charge is 0.495 e. The third-order valence-corrected chi connectivity index (χ3v) is 5.91. The number of halogens is 1. The number of morpholine rings is 2. The quantitative estimate of drug-likeness (QED) is 0.384. The number of ether oxygens (including phenoxy) is 3. The number of nitrogens with one attached hydrogen (secondary N) is 1. The molecule has 2 saturated heterocycles. The summed E-state index contributed by atoms with van der Waals surface area (Å²) in [4.78, 5) is 18.0. The summed E-state index contributed by atoms with van der Waals surface area (Å²) < 4.78 is 22.0. The lowest BCUT2D eigenvalue weighted by Crippen LogP contribution is -2.40. The van der Waals surface area contributed by atoms with Crippen LogP contribution in [0, 0.1) is 0 Å². The van der Waals surface area contributed by atoms with Crippen molar-refractivity contribution in [3.8, 4) is 17.1 Å². The van der Waals surface area contributed by atoms with Crippen molar-refractivity contribution in [1.29, 1.82) is 0 Å². The molecule has 2 aliphatic rings. The second kappa shape index (κ2) is 10.9. The van der Waals surface area contributed by atoms with Crippen LogP contribution in [0.25, 0.3) is 11.3 Å². The molecule has 0 bridgehead atoms. The van der Waals surface area contributed by atoms with Crippen LogP contribution in [0.2, 0.25) is 5.02 Å². The summed E-state index contributed by atoms with van der Waals surface area (Å²) in [6.45, 7) is 5.44. The Balaban J connectivity index is 1.32. The van der Waals surface area contributed by atoms with E-state index in [0.717, 1.165) is 31.7 Å². The number of rotatable bonds is 7. The van der Waals surface area contributed by atoms with Gasteiger partial charge >= 0.3 is 0 Å². The highest BCUT2D eigenvalue weighted by Gasteiger charge is 2.20. The van der Waals surface area contributed by atoms with Gasteiger partial charge in [0.05, 0.1) is 44.8 Å². The molecule has 5 rings (SSSR count). The van der Waals surface area contributed by atoms with Crippen LogP contribution in [0.15, 0.2) is 39.9 Å². The Labute approximate surface area is 207 Å². The molecule has 2 aliphatic heterocycles. The summed E-state index contributed by atoms with van der Waals surface area (Å²) >= 11 is 6.23. The highest BCUT2D eigenvalue weighted by atomic mass is 35.5. The summed E-state index contributed by atoms with van der Waals surface area (Å²) in [6.07, 6.45) is 1.57. The zero-order valence-electron chi connectivity index (χ0n) is 19.3. The van der Waals surface area contributed by atoms with E-state index in [1.165, 1.54) is 0 Å². The number of benzene rings is 1. The highest BCUT2D eigenvalue weighted by Crippen LogP contribution is 2.31. The zero-order chi connectivity index (χ0) is 24.0. The standard InChI is InChI=1S/C23H26ClN7O4/c1-32-20-4-2-16(14-18(20)24)19-5-3-17(35-19)15-25-29-21-26-22(30-6-10-33-11-7-30)28-23(27-21)31-8-12-34-13-9-31/h2-5,14-15H,6-13H2,1H3,(H,26,27,28,29)/b25-15+. The van der Waals surface area contributed by atoms with Crippen molar-refractivity contribution < 1.29 is 18.6 Å². The first-order valence-electron chi connectivity index (χ1n) is 11.3. The predicted octanol–water partition coefficient (Wildman–Crippen LogP) is 2.91. The summed E-state index contributed by atoms with van der Waals surface area (Å²) in [6, 6.07) is 9.16. The first-order chi connectivity index (χ1) is 17.2. The number of hydrogen-bond acceptors (Lipinski definition) is 11. The maximum absolute atomic E-state index is 6.23. The average Bonchev–Trinajstić information content (AvgIpc) is 3.38. The minimum absolute atomic E-state index is 0.355. The summed E-state index contributed by atoms with van der Waals surface area (Å²) in [7, 11) is 1.58. The molecule has 1 N–H and O–H groups in total. The Morgan fingerprint density at radius 2 is 1.60 bits per heavy atom. The van der Waals surface area contributed by atoms with Crippen LogP contribution in [-0.2, 0) is 9.47 Å². The monoisotopic (exact) mass is 499 g/mol. The molecular formula is C23H26ClN7O4. The van der Waals surface area contributed by atoms with Gasteiger partial charge in [0.15, 0.2) is 0 Å². The molecule has 35 heavy (non-hydrogen) atoms. The van der Waals surface area contributed by atoms with Crippen LogP contribution in [0.5, 0.6) is 5.75 Å². The number of hydrogen-bond donors (Lipinski definition) is 1. The number of hydrazone groups is 1. The molecule has 0 spiro atoms. The topological polar surface area (TPSA) is 110 Å². The SMILES string of the molecule is COc1ccc(-c2ccc(/C=N/Nc3nc(N4CCOCC4)nc(N4CCOCC4)n3)o2)cc1Cl. The normalized spacial score (nSPS) is 16.6. The van der Waals surface area contributed by atoms with Gasteiger partial charge in [0.1, 0.15) is 17.3 Å². The molecule has 184 valence electrons. The van der Waals surface area contributed by atoms with Crippen LogP contribution in [0.3, 0.4) is 0 Å². The summed E-state index contributed by atoms with van der Waals surface area (Å²) in [5.74, 6) is 3.39. The fraction of sp³-hybridized carbons (Fsp3) is 0.391. The molecule has 0 radical (unpaired) electrons. The van der Waals surface area contributed by atoms with E-state index in [0.29, 0.717) is 66.6 Å². The maximum Gasteiger partial charge on any atom is 0.250 e. The molecule has 0 atom stereocenters. The Hall–Kier alpha value is -3.41. The van der Waals surface area contributed by atoms with Gasteiger partial charge in [-0.1, -0.05) is 11.6 Å². The number of methoxy groups -OCH3 is 1. The molecule has 1 aromatic carbocycles. The Morgan fingerprint density at radius 3 is 2.20 bits per heavy atom. The number of nitrogens with zero attached hydrogens (tertiary/aromatic N) is 6. The third-order valence-electron chi connectivity index (χ3n) is 5.62. The minimum atomic E-state index is 0.355. The lowest BCUT2D eigenvalue weighted by Gasteiger charge is -2.30. The fourth-order valence-corrected chi connectivity index (χ4v) is 4.02. The second-order valence-corrected chi connectivity index (χ2v) is 8.29. The van der Waals surface area contributed by atoms with Crippen molar-refractivity contribution in [2.45, 2.75) is 0 Å². The lowest BCUT2D eigenvalue weighted by atomic mass is 10.2. The van der Waals surface area contributed by atoms with E-state index in [1.807, 2.05) is 18.2 Å². The lowest BCUT2D eigenvalue weighted by molar-refractivity contribution is 0.121. The molecule has 3 aromatic rings. The number of anilines is 3. The molecule has 12 heteroatoms. The van der Waals surface area contributed by atoms with E-state index in [2.05, 4.69) is 30.3 Å². The number of aromatic nitrogens is 3. The third kappa shape index (κ3) is 5.64. The fourth-order valence-electron chi connectivity index (χ4n) is 3.76. The zero-order valence-corrected chi connectivity index (χ0v) is 20.1. The van der Waals surface area contributed by atoms with Gasteiger partial charge < -0.3 is 28.4 Å². The average molecular weight is 500 g/mol. The van der Waals surface area contributed by atoms with Crippen molar-refractivity contribution in [1.82, 2.24) is 15.0 Å². The molecule has 0 unspecified atom stereocenters. The van der Waals surface area contributed by atoms with Crippen molar-refractivity contribution in [3.05, 3.63) is 41.1 Å². The van der Waals surface area contributed by atoms with Gasteiger partial charge in [-0.05, 0) is 30.3 Å². The molecule has 11 nitrogen and oxygen atoms in total. The van der Waals surface area contributed by atoms with E-state index in [1.54, 1.807) is 25.5 Å². The molecule has 0 amide bonds. The maximum atomic E-state index is 6.23. The van der Waals surface area contributed by atoms with E-state index in [-0.39, 0.29) is 0 Å². The predicted molar refractivity (Wildman–Crippen MR) is 133 cm³/mol. The van der Waals surface area contributed by atoms with Crippen molar-refractivity contribution in [3.63, 3.8) is 0 Å². The van der Waals surface area contributed by atoms with Crippen LogP contribution in [0.4, 0.5) is 17.8 Å². The van der Waals surface area contributed by atoms with E-state index in [9.17, 15) is 0 Å². The number of furan rings is 1. The molecule has 2 aromatic heterocycles. The molecule has 0 aliphatic carbocycles. The van der Waals surface area contributed by atoms with Crippen molar-refractivity contribution >= 4 is 35.7 Å². The van der Waals surface area contributed by atoms with Crippen LogP contribution in [-0.4, -0.2) is 80.9 Å². The Kier molecular flexibility index (Phi) is 7.26. The minimum Gasteiger partial charge on any atom is -0.495 e. The van der Waals surface area contributed by atoms with E-state index in [4.69, 9.17) is 35.2 Å². The first-order valence-corrected chi connectivity index (χ1v) is 11.7. The Bertz CT molecular complexity index is 1140. The summed E-state index contributed by atoms with van der Waals surface area (Å²) in [5, 5.41) is 4.80. The smallest absolute Gasteiger partial charge is 0.250 e. The molecule has 4 heterocycles. The highest BCUT2D eigenvalue weighted by molar-refractivity contribution is 6.32. The van der Waals surface area contributed by atoms with Crippen LogP contribution in [0.1, 0.15) is 5.76 Å². The van der Waals surface area contributed by atoms with Gasteiger partial charge in [0.2, 0.25) is 17.8 Å². The van der Waals surface area contributed by atoms with Crippen molar-refractivity contribution in [2.75, 3.05) is 74.9 Å². The first kappa shape index (κ1) is 23.3. The molecule has 2 fully saturated rings. The van der Waals surface area contributed by atoms with Crippen molar-refractivity contribution in [2.24, 2.45) is 5.10 Å². The van der Waals surface area contributed by atoms with E-state index >= 15 is 0 Å². The van der Waals surface area contributed by atoms with Gasteiger partial charge in [-0.2, -0.15) is 20.1 Å². The van der Waals surface area contributed by atoms with Gasteiger partial charge in [-0.15, -0.1) is 0 Å². The van der Waals surface area contributed by atoms with Gasteiger partial charge in [-0.25, -0.2) is 5.43 Å². The summed E-state index contributed by atoms with van der Waals surface area (Å²) in [5.41, 5.74) is 3.76. The van der Waals surface area contributed by atoms with Gasteiger partial charge in [0.25, 0.3) is 0 Å². The van der Waals surface area contributed by atoms with Gasteiger partial charge in [0, 0.05) is 31.7 Å². The van der Waals surface area contributed by atoms with Crippen LogP contribution < -0.4 is 20.0 Å². The van der Waals surface area contributed by atoms with Gasteiger partial charge in [-0.3, -0.25) is 0 Å². The van der Waals surface area contributed by atoms with E-state index < -0.39 is 0 Å². The molecular weight excluding hydrogens is 474 g/mol. The molecule has 0 saturated carbocycles. The van der Waals surface area contributed by atoms with Crippen LogP contribution >= 0.6 is 11.6 Å².